The molecule has 0 heterocycles. The molecule has 0 aliphatic rings. The zero-order valence-electron chi connectivity index (χ0n) is 50.3. The predicted octanol–water partition coefficient (Wildman–Crippen LogP) is 21.3. The normalized spacial score (nSPS) is 12.9. The molecule has 2 unspecified atom stereocenters. The van der Waals surface area contributed by atoms with Crippen molar-refractivity contribution in [3.63, 3.8) is 0 Å². The van der Waals surface area contributed by atoms with Crippen LogP contribution in [0.3, 0.4) is 0 Å². The Morgan fingerprint density at radius 3 is 1.13 bits per heavy atom. The Kier molecular flexibility index (Phi) is 62.5. The van der Waals surface area contributed by atoms with Gasteiger partial charge in [0.25, 0.3) is 0 Å². The van der Waals surface area contributed by atoms with Gasteiger partial charge in [-0.3, -0.25) is 9.59 Å². The third-order valence-electron chi connectivity index (χ3n) is 15.4. The van der Waals surface area contributed by atoms with E-state index in [4.69, 9.17) is 4.74 Å². The zero-order valence-corrected chi connectivity index (χ0v) is 50.3. The highest BCUT2D eigenvalue weighted by atomic mass is 16.5. The molecule has 0 radical (unpaired) electrons. The maximum absolute atomic E-state index is 12.5. The lowest BCUT2D eigenvalue weighted by Gasteiger charge is -2.22. The molecule has 0 saturated carbocycles. The first-order valence-corrected chi connectivity index (χ1v) is 33.4. The van der Waals surface area contributed by atoms with E-state index in [1.807, 2.05) is 0 Å². The third kappa shape index (κ3) is 60.9. The summed E-state index contributed by atoms with van der Waals surface area (Å²) in [6.45, 7) is 4.89. The number of ether oxygens (including phenoxy) is 1. The molecule has 0 fully saturated rings. The van der Waals surface area contributed by atoms with Gasteiger partial charge in [-0.05, 0) is 83.5 Å². The standard InChI is InChI=1S/C69H129NO5/c1-3-5-7-9-11-13-15-17-19-20-21-22-23-24-25-26-28-31-34-37-41-45-49-53-57-61-67(72)66(65-71)70-68(73)62-58-54-50-46-42-38-35-32-29-27-30-33-36-40-44-48-52-56-60-64-75-69(74)63-59-55-51-47-43-39-18-16-14-12-10-8-6-4-2/h10,12,16,18,33,36,40,44,66-67,71-72H,3-9,11,13-15,17,19-32,34-35,37-39,41-43,45-65H2,1-2H3,(H,70,73)/b12-10-,18-16-,36-33-,44-40-. The van der Waals surface area contributed by atoms with Crippen LogP contribution in [0.4, 0.5) is 0 Å². The van der Waals surface area contributed by atoms with Crippen molar-refractivity contribution >= 4 is 11.9 Å². The Morgan fingerprint density at radius 2 is 0.720 bits per heavy atom. The quantitative estimate of drug-likeness (QED) is 0.0244. The number of aliphatic hydroxyl groups is 2. The van der Waals surface area contributed by atoms with Crippen LogP contribution in [-0.4, -0.2) is 47.4 Å². The molecule has 3 N–H and O–H groups in total. The van der Waals surface area contributed by atoms with Crippen molar-refractivity contribution in [3.8, 4) is 0 Å². The first-order chi connectivity index (χ1) is 37.0. The van der Waals surface area contributed by atoms with Crippen LogP contribution in [0.1, 0.15) is 354 Å². The molecule has 0 rings (SSSR count). The number of unbranched alkanes of at least 4 members (excludes halogenated alkanes) is 44. The number of amides is 1. The van der Waals surface area contributed by atoms with Gasteiger partial charge in [0.15, 0.2) is 0 Å². The highest BCUT2D eigenvalue weighted by molar-refractivity contribution is 5.76. The van der Waals surface area contributed by atoms with Crippen LogP contribution >= 0.6 is 0 Å². The second-order valence-electron chi connectivity index (χ2n) is 22.8. The lowest BCUT2D eigenvalue weighted by Crippen LogP contribution is -2.45. The van der Waals surface area contributed by atoms with E-state index >= 15 is 0 Å². The Morgan fingerprint density at radius 1 is 0.387 bits per heavy atom. The summed E-state index contributed by atoms with van der Waals surface area (Å²) in [5.41, 5.74) is 0. The van der Waals surface area contributed by atoms with E-state index < -0.39 is 12.1 Å². The molecule has 440 valence electrons. The average Bonchev–Trinajstić information content (AvgIpc) is 3.41. The third-order valence-corrected chi connectivity index (χ3v) is 15.4. The fourth-order valence-corrected chi connectivity index (χ4v) is 10.2. The number of aliphatic hydroxyl groups excluding tert-OH is 2. The number of hydrogen-bond acceptors (Lipinski definition) is 5. The smallest absolute Gasteiger partial charge is 0.305 e. The Bertz CT molecular complexity index is 1260. The van der Waals surface area contributed by atoms with E-state index in [1.165, 1.54) is 238 Å². The van der Waals surface area contributed by atoms with Crippen LogP contribution in [-0.2, 0) is 14.3 Å². The molecular weight excluding hydrogens is 923 g/mol. The fraction of sp³-hybridized carbons (Fsp3) is 0.855. The molecule has 6 nitrogen and oxygen atoms in total. The number of carbonyl (C=O) groups excluding carboxylic acids is 2. The minimum Gasteiger partial charge on any atom is -0.466 e. The summed E-state index contributed by atoms with van der Waals surface area (Å²) in [6, 6.07) is -0.552. The summed E-state index contributed by atoms with van der Waals surface area (Å²) in [4.78, 5) is 24.6. The van der Waals surface area contributed by atoms with E-state index in [-0.39, 0.29) is 18.5 Å². The summed E-state index contributed by atoms with van der Waals surface area (Å²) in [5, 5.41) is 23.4. The van der Waals surface area contributed by atoms with Crippen LogP contribution in [0.25, 0.3) is 0 Å². The van der Waals surface area contributed by atoms with Crippen molar-refractivity contribution in [2.24, 2.45) is 0 Å². The molecule has 75 heavy (non-hydrogen) atoms. The number of nitrogens with one attached hydrogen (secondary N) is 1. The van der Waals surface area contributed by atoms with Crippen molar-refractivity contribution in [3.05, 3.63) is 48.6 Å². The number of rotatable bonds is 62. The van der Waals surface area contributed by atoms with Gasteiger partial charge < -0.3 is 20.3 Å². The van der Waals surface area contributed by atoms with Crippen LogP contribution in [0.5, 0.6) is 0 Å². The summed E-state index contributed by atoms with van der Waals surface area (Å²) in [5.74, 6) is -0.0697. The van der Waals surface area contributed by atoms with Crippen molar-refractivity contribution in [2.75, 3.05) is 13.2 Å². The van der Waals surface area contributed by atoms with Crippen molar-refractivity contribution in [1.29, 1.82) is 0 Å². The van der Waals surface area contributed by atoms with E-state index in [0.29, 0.717) is 25.9 Å². The number of carbonyl (C=O) groups is 2. The fourth-order valence-electron chi connectivity index (χ4n) is 10.2. The van der Waals surface area contributed by atoms with Gasteiger partial charge in [-0.15, -0.1) is 0 Å². The Balaban J connectivity index is 3.47. The lowest BCUT2D eigenvalue weighted by molar-refractivity contribution is -0.143. The second kappa shape index (κ2) is 64.3. The molecule has 0 aliphatic carbocycles. The van der Waals surface area contributed by atoms with Gasteiger partial charge in [0.2, 0.25) is 5.91 Å². The highest BCUT2D eigenvalue weighted by Gasteiger charge is 2.20. The maximum Gasteiger partial charge on any atom is 0.305 e. The van der Waals surface area contributed by atoms with Gasteiger partial charge in [0.05, 0.1) is 25.4 Å². The summed E-state index contributed by atoms with van der Waals surface area (Å²) < 4.78 is 5.45. The summed E-state index contributed by atoms with van der Waals surface area (Å²) >= 11 is 0. The first-order valence-electron chi connectivity index (χ1n) is 33.4. The first kappa shape index (κ1) is 72.8. The monoisotopic (exact) mass is 1050 g/mol. The SMILES string of the molecule is CCCC/C=C\C/C=C\CCCCCCCC(=O)OCCCCC/C=C\C=C/CCCCCCCCCCCCC(=O)NC(CO)C(O)CCCCCCCCCCCCCCCCCCCCCCCCCCC. The van der Waals surface area contributed by atoms with Gasteiger partial charge in [0.1, 0.15) is 0 Å². The van der Waals surface area contributed by atoms with Gasteiger partial charge in [-0.1, -0.05) is 306 Å². The molecule has 0 aromatic rings. The van der Waals surface area contributed by atoms with Gasteiger partial charge in [-0.25, -0.2) is 0 Å². The van der Waals surface area contributed by atoms with Gasteiger partial charge in [-0.2, -0.15) is 0 Å². The van der Waals surface area contributed by atoms with E-state index in [2.05, 4.69) is 67.8 Å². The topological polar surface area (TPSA) is 95.9 Å². The minimum absolute atomic E-state index is 0.0277. The molecule has 0 aliphatic heterocycles. The Labute approximate surface area is 467 Å². The van der Waals surface area contributed by atoms with Crippen LogP contribution in [0.2, 0.25) is 0 Å². The van der Waals surface area contributed by atoms with Crippen LogP contribution in [0, 0.1) is 0 Å². The van der Waals surface area contributed by atoms with Crippen LogP contribution in [0.15, 0.2) is 48.6 Å². The van der Waals surface area contributed by atoms with Crippen molar-refractivity contribution in [2.45, 2.75) is 366 Å². The molecule has 0 saturated heterocycles. The van der Waals surface area contributed by atoms with E-state index in [1.54, 1.807) is 0 Å². The molecule has 2 atom stereocenters. The summed E-state index contributed by atoms with van der Waals surface area (Å²) in [7, 11) is 0. The zero-order chi connectivity index (χ0) is 54.3. The molecule has 0 bridgehead atoms. The Hall–Kier alpha value is -2.18. The molecule has 0 aromatic carbocycles. The number of esters is 1. The molecule has 1 amide bonds. The maximum atomic E-state index is 12.5. The second-order valence-corrected chi connectivity index (χ2v) is 22.8. The molecule has 6 heteroatoms. The molecule has 0 aromatic heterocycles. The predicted molar refractivity (Wildman–Crippen MR) is 329 cm³/mol. The van der Waals surface area contributed by atoms with E-state index in [0.717, 1.165) is 83.5 Å². The highest BCUT2D eigenvalue weighted by Crippen LogP contribution is 2.18. The van der Waals surface area contributed by atoms with Crippen molar-refractivity contribution in [1.82, 2.24) is 5.32 Å². The van der Waals surface area contributed by atoms with Crippen LogP contribution < -0.4 is 5.32 Å². The summed E-state index contributed by atoms with van der Waals surface area (Å²) in [6.07, 6.45) is 82.8. The largest absolute Gasteiger partial charge is 0.466 e. The number of allylic oxidation sites excluding steroid dienone is 8. The lowest BCUT2D eigenvalue weighted by atomic mass is 10.0. The molecular formula is C69H129NO5. The average molecular weight is 1050 g/mol. The van der Waals surface area contributed by atoms with Gasteiger partial charge >= 0.3 is 5.97 Å². The van der Waals surface area contributed by atoms with Gasteiger partial charge in [0, 0.05) is 12.8 Å². The van der Waals surface area contributed by atoms with E-state index in [9.17, 15) is 19.8 Å². The number of hydrogen-bond donors (Lipinski definition) is 3. The van der Waals surface area contributed by atoms with Crippen molar-refractivity contribution < 1.29 is 24.5 Å². The minimum atomic E-state index is -0.674. The molecule has 0 spiro atoms.